The third-order valence-electron chi connectivity index (χ3n) is 6.83. The van der Waals surface area contributed by atoms with Gasteiger partial charge in [0.2, 0.25) is 0 Å². The van der Waals surface area contributed by atoms with Crippen molar-refractivity contribution in [3.8, 4) is 0 Å². The number of rotatable bonds is 15. The largest absolute Gasteiger partial charge is 0.405 e. The first-order valence-corrected chi connectivity index (χ1v) is 15.4. The zero-order valence-corrected chi connectivity index (χ0v) is 24.3. The van der Waals surface area contributed by atoms with Crippen LogP contribution in [0.25, 0.3) is 10.4 Å². The summed E-state index contributed by atoms with van der Waals surface area (Å²) >= 11 is 0. The molecule has 3 N–H and O–H groups in total. The second-order valence-electron chi connectivity index (χ2n) is 10.5. The molecule has 40 heavy (non-hydrogen) atoms. The third kappa shape index (κ3) is 8.11. The van der Waals surface area contributed by atoms with Gasteiger partial charge in [0.1, 0.15) is 24.4 Å². The van der Waals surface area contributed by atoms with Gasteiger partial charge in [-0.15, -0.1) is 0 Å². The highest BCUT2D eigenvalue weighted by molar-refractivity contribution is 6.99. The molecule has 0 aromatic heterocycles. The summed E-state index contributed by atoms with van der Waals surface area (Å²) in [6.45, 7) is 7.92. The van der Waals surface area contributed by atoms with Gasteiger partial charge >= 0.3 is 0 Å². The van der Waals surface area contributed by atoms with Gasteiger partial charge in [-0.3, -0.25) is 0 Å². The van der Waals surface area contributed by atoms with Crippen LogP contribution in [0.3, 0.4) is 0 Å². The maximum Gasteiger partial charge on any atom is 0.261 e. The van der Waals surface area contributed by atoms with E-state index in [9.17, 15) is 15.3 Å². The van der Waals surface area contributed by atoms with E-state index in [0.29, 0.717) is 19.8 Å². The first-order valence-electron chi connectivity index (χ1n) is 13.4. The molecule has 0 aliphatic carbocycles. The lowest BCUT2D eigenvalue weighted by Crippen LogP contribution is -2.68. The standard InChI is InChI=1S/C28H41N3O8Si/c1-28(2,3)40(21-10-6-4-7-11-21,22-12-8-5-9-13-22)38-20-23-24(32)25(33)26(34)27(39-23)37-19-18-36-17-16-35-15-14-30-31-29/h4-13,23-27,32-34H,14-20H2,1-3H3/t23-,24-,25+,26+,27+/m1/s1. The van der Waals surface area contributed by atoms with Crippen molar-refractivity contribution in [1.82, 2.24) is 0 Å². The number of ether oxygens (including phenoxy) is 4. The quantitative estimate of drug-likeness (QED) is 0.0953. The third-order valence-corrected chi connectivity index (χ3v) is 11.8. The van der Waals surface area contributed by atoms with Crippen LogP contribution in [0, 0.1) is 0 Å². The molecule has 11 nitrogen and oxygen atoms in total. The van der Waals surface area contributed by atoms with Gasteiger partial charge in [0.05, 0.1) is 39.6 Å². The summed E-state index contributed by atoms with van der Waals surface area (Å²) in [6.07, 6.45) is -6.39. The minimum Gasteiger partial charge on any atom is -0.405 e. The van der Waals surface area contributed by atoms with Crippen molar-refractivity contribution in [2.45, 2.75) is 56.5 Å². The fourth-order valence-corrected chi connectivity index (χ4v) is 9.43. The Morgan fingerprint density at radius 3 is 1.93 bits per heavy atom. The number of azide groups is 1. The zero-order valence-electron chi connectivity index (χ0n) is 23.3. The maximum atomic E-state index is 10.8. The van der Waals surface area contributed by atoms with E-state index in [1.807, 2.05) is 36.4 Å². The van der Waals surface area contributed by atoms with Crippen LogP contribution < -0.4 is 10.4 Å². The predicted molar refractivity (Wildman–Crippen MR) is 152 cm³/mol. The monoisotopic (exact) mass is 575 g/mol. The van der Waals surface area contributed by atoms with E-state index in [4.69, 9.17) is 28.9 Å². The Labute approximate surface area is 236 Å². The Bertz CT molecular complexity index is 1010. The van der Waals surface area contributed by atoms with Gasteiger partial charge in [0.15, 0.2) is 6.29 Å². The molecule has 1 fully saturated rings. The highest BCUT2D eigenvalue weighted by Gasteiger charge is 2.52. The predicted octanol–water partition coefficient (Wildman–Crippen LogP) is 1.73. The first-order chi connectivity index (χ1) is 19.2. The molecule has 1 heterocycles. The van der Waals surface area contributed by atoms with Crippen LogP contribution in [-0.2, 0) is 23.4 Å². The minimum atomic E-state index is -2.91. The lowest BCUT2D eigenvalue weighted by atomic mass is 9.99. The van der Waals surface area contributed by atoms with Gasteiger partial charge in [0.25, 0.3) is 8.32 Å². The summed E-state index contributed by atoms with van der Waals surface area (Å²) in [6, 6.07) is 20.2. The van der Waals surface area contributed by atoms with E-state index in [0.717, 1.165) is 10.4 Å². The second-order valence-corrected chi connectivity index (χ2v) is 14.8. The van der Waals surface area contributed by atoms with E-state index in [1.54, 1.807) is 0 Å². The smallest absolute Gasteiger partial charge is 0.261 e. The van der Waals surface area contributed by atoms with Gasteiger partial charge in [-0.25, -0.2) is 0 Å². The molecule has 0 spiro atoms. The minimum absolute atomic E-state index is 0.0121. The highest BCUT2D eigenvalue weighted by Crippen LogP contribution is 2.37. The van der Waals surface area contributed by atoms with Crippen molar-refractivity contribution in [1.29, 1.82) is 0 Å². The van der Waals surface area contributed by atoms with Crippen LogP contribution in [0.5, 0.6) is 0 Å². The van der Waals surface area contributed by atoms with E-state index in [-0.39, 0.29) is 31.4 Å². The molecule has 220 valence electrons. The summed E-state index contributed by atoms with van der Waals surface area (Å²) in [4.78, 5) is 2.65. The molecule has 0 unspecified atom stereocenters. The van der Waals surface area contributed by atoms with Crippen molar-refractivity contribution in [3.63, 3.8) is 0 Å². The fraction of sp³-hybridized carbons (Fsp3) is 0.571. The Morgan fingerprint density at radius 1 is 0.825 bits per heavy atom. The molecule has 0 radical (unpaired) electrons. The van der Waals surface area contributed by atoms with E-state index < -0.39 is 39.0 Å². The van der Waals surface area contributed by atoms with Crippen molar-refractivity contribution in [2.75, 3.05) is 46.2 Å². The summed E-state index contributed by atoms with van der Waals surface area (Å²) in [5.41, 5.74) is 8.23. The lowest BCUT2D eigenvalue weighted by Gasteiger charge is -2.45. The molecule has 12 heteroatoms. The van der Waals surface area contributed by atoms with Crippen LogP contribution in [-0.4, -0.2) is 101 Å². The topological polar surface area (TPSA) is 156 Å². The average Bonchev–Trinajstić information content (AvgIpc) is 2.95. The van der Waals surface area contributed by atoms with Crippen LogP contribution in [0.15, 0.2) is 65.8 Å². The van der Waals surface area contributed by atoms with E-state index >= 15 is 0 Å². The van der Waals surface area contributed by atoms with Crippen LogP contribution >= 0.6 is 0 Å². The number of aliphatic hydroxyl groups is 3. The molecular weight excluding hydrogens is 534 g/mol. The van der Waals surface area contributed by atoms with Crippen molar-refractivity contribution in [3.05, 3.63) is 71.1 Å². The summed E-state index contributed by atoms with van der Waals surface area (Å²) in [5, 5.41) is 37.1. The molecule has 0 saturated carbocycles. The van der Waals surface area contributed by atoms with Crippen LogP contribution in [0.1, 0.15) is 20.8 Å². The summed E-state index contributed by atoms with van der Waals surface area (Å²) in [5.74, 6) is 0. The Hall–Kier alpha value is -2.35. The van der Waals surface area contributed by atoms with Gasteiger partial charge < -0.3 is 38.7 Å². The van der Waals surface area contributed by atoms with Gasteiger partial charge in [-0.2, -0.15) is 0 Å². The number of hydrogen-bond acceptors (Lipinski definition) is 9. The number of aliphatic hydroxyl groups excluding tert-OH is 3. The van der Waals surface area contributed by atoms with Crippen molar-refractivity contribution in [2.24, 2.45) is 5.11 Å². The Kier molecular flexibility index (Phi) is 12.5. The summed E-state index contributed by atoms with van der Waals surface area (Å²) < 4.78 is 29.2. The molecule has 2 aromatic carbocycles. The number of nitrogens with zero attached hydrogens (tertiary/aromatic N) is 3. The van der Waals surface area contributed by atoms with Gasteiger partial charge in [0, 0.05) is 11.5 Å². The van der Waals surface area contributed by atoms with Crippen molar-refractivity contribution < 1.29 is 38.7 Å². The normalized spacial score (nSPS) is 23.5. The highest BCUT2D eigenvalue weighted by atomic mass is 28.4. The molecule has 0 bridgehead atoms. The Morgan fingerprint density at radius 2 is 1.38 bits per heavy atom. The molecule has 1 saturated heterocycles. The Balaban J connectivity index is 1.65. The fourth-order valence-electron chi connectivity index (χ4n) is 4.86. The zero-order chi connectivity index (χ0) is 29.0. The van der Waals surface area contributed by atoms with Gasteiger partial charge in [-0.05, 0) is 20.9 Å². The summed E-state index contributed by atoms with van der Waals surface area (Å²) in [7, 11) is -2.91. The van der Waals surface area contributed by atoms with Crippen LogP contribution in [0.4, 0.5) is 0 Å². The SMILES string of the molecule is CC(C)(C)[Si](OC[C@H]1O[C@H](OCCOCCOCCN=[N+]=[N-])[C@@H](O)[C@@H](O)[C@@H]1O)(c1ccccc1)c1ccccc1. The molecular formula is C28H41N3O8Si. The number of hydrogen-bond donors (Lipinski definition) is 3. The maximum absolute atomic E-state index is 10.8. The van der Waals surface area contributed by atoms with E-state index in [2.05, 4.69) is 55.1 Å². The molecule has 5 atom stereocenters. The van der Waals surface area contributed by atoms with E-state index in [1.165, 1.54) is 0 Å². The molecule has 2 aromatic rings. The molecule has 3 rings (SSSR count). The molecule has 0 amide bonds. The molecule has 1 aliphatic rings. The lowest BCUT2D eigenvalue weighted by molar-refractivity contribution is -0.301. The average molecular weight is 576 g/mol. The first kappa shape index (κ1) is 32.2. The second kappa shape index (κ2) is 15.6. The molecule has 1 aliphatic heterocycles. The number of benzene rings is 2. The van der Waals surface area contributed by atoms with Crippen molar-refractivity contribution >= 4 is 18.7 Å². The van der Waals surface area contributed by atoms with Gasteiger partial charge in [-0.1, -0.05) is 86.5 Å². The van der Waals surface area contributed by atoms with Crippen LogP contribution in [0.2, 0.25) is 5.04 Å².